The maximum atomic E-state index is 11.1. The van der Waals surface area contributed by atoms with E-state index in [4.69, 9.17) is 5.11 Å². The average Bonchev–Trinajstić information content (AvgIpc) is 2.95. The molecule has 0 atom stereocenters. The molecule has 1 aromatic carbocycles. The monoisotopic (exact) mass is 324 g/mol. The Morgan fingerprint density at radius 3 is 2.65 bits per heavy atom. The Hall–Kier alpha value is -2.85. The Labute approximate surface area is 138 Å². The second-order valence-corrected chi connectivity index (χ2v) is 5.19. The van der Waals surface area contributed by atoms with Gasteiger partial charge >= 0.3 is 5.97 Å². The molecule has 23 heavy (non-hydrogen) atoms. The van der Waals surface area contributed by atoms with Gasteiger partial charge in [-0.1, -0.05) is 24.3 Å². The minimum atomic E-state index is -0.970. The van der Waals surface area contributed by atoms with Crippen molar-refractivity contribution in [3.8, 4) is 11.3 Å². The van der Waals surface area contributed by atoms with Crippen LogP contribution < -0.4 is 0 Å². The molecule has 2 N–H and O–H groups in total. The van der Waals surface area contributed by atoms with Crippen molar-refractivity contribution in [2.75, 3.05) is 0 Å². The van der Waals surface area contributed by atoms with Crippen LogP contribution in [0.4, 0.5) is 0 Å². The molecule has 2 heterocycles. The van der Waals surface area contributed by atoms with Gasteiger partial charge in [-0.15, -0.1) is 12.4 Å². The summed E-state index contributed by atoms with van der Waals surface area (Å²) in [6, 6.07) is 7.83. The highest BCUT2D eigenvalue weighted by Crippen LogP contribution is 2.32. The molecule has 0 bridgehead atoms. The Kier molecular flexibility index (Phi) is 3.76. The number of hydrogen-bond acceptors (Lipinski definition) is 2. The van der Waals surface area contributed by atoms with Gasteiger partial charge < -0.3 is 10.1 Å². The Morgan fingerprint density at radius 2 is 1.87 bits per heavy atom. The summed E-state index contributed by atoms with van der Waals surface area (Å²) in [6.07, 6.45) is 11.1. The summed E-state index contributed by atoms with van der Waals surface area (Å²) in [5.41, 5.74) is 4.91. The van der Waals surface area contributed by atoms with Gasteiger partial charge in [-0.2, -0.15) is 0 Å². The van der Waals surface area contributed by atoms with Crippen LogP contribution in [0.15, 0.2) is 48.8 Å². The minimum absolute atomic E-state index is 0. The number of benzene rings is 1. The number of halogens is 1. The van der Waals surface area contributed by atoms with Crippen LogP contribution in [0.5, 0.6) is 0 Å². The predicted octanol–water partition coefficient (Wildman–Crippen LogP) is 4.39. The van der Waals surface area contributed by atoms with E-state index in [0.717, 1.165) is 33.3 Å². The van der Waals surface area contributed by atoms with E-state index in [-0.39, 0.29) is 18.0 Å². The molecule has 0 spiro atoms. The standard InChI is InChI=1S/C18H12N2O2.ClH/c21-18(22)14-7-13-4-2-1-3-11-9-16-12(5-6-19-16)8-15(11)17(13)20-10-14;/h1-10,19H,(H,21,22);1H. The topological polar surface area (TPSA) is 66.0 Å². The number of aromatic carboxylic acids is 1. The van der Waals surface area contributed by atoms with Gasteiger partial charge in [-0.05, 0) is 29.8 Å². The van der Waals surface area contributed by atoms with E-state index in [9.17, 15) is 4.79 Å². The lowest BCUT2D eigenvalue weighted by atomic mass is 9.95. The molecule has 2 aromatic heterocycles. The summed E-state index contributed by atoms with van der Waals surface area (Å²) in [7, 11) is 0. The highest BCUT2D eigenvalue weighted by atomic mass is 35.5. The molecule has 0 unspecified atom stereocenters. The van der Waals surface area contributed by atoms with Crippen molar-refractivity contribution in [2.45, 2.75) is 0 Å². The first-order valence-corrected chi connectivity index (χ1v) is 6.92. The summed E-state index contributed by atoms with van der Waals surface area (Å²) < 4.78 is 0. The second-order valence-electron chi connectivity index (χ2n) is 5.19. The van der Waals surface area contributed by atoms with Crippen LogP contribution >= 0.6 is 12.4 Å². The summed E-state index contributed by atoms with van der Waals surface area (Å²) in [5, 5.41) is 10.2. The van der Waals surface area contributed by atoms with Crippen LogP contribution in [0.1, 0.15) is 21.5 Å². The molecule has 0 radical (unpaired) electrons. The van der Waals surface area contributed by atoms with Crippen molar-refractivity contribution in [1.29, 1.82) is 0 Å². The minimum Gasteiger partial charge on any atom is -0.478 e. The number of fused-ring (bicyclic) bond motifs is 4. The zero-order valence-electron chi connectivity index (χ0n) is 12.0. The number of pyridine rings is 1. The highest BCUT2D eigenvalue weighted by Gasteiger charge is 2.14. The third-order valence-electron chi connectivity index (χ3n) is 3.81. The van der Waals surface area contributed by atoms with Gasteiger partial charge in [0.2, 0.25) is 0 Å². The zero-order chi connectivity index (χ0) is 15.1. The van der Waals surface area contributed by atoms with Crippen LogP contribution in [-0.4, -0.2) is 21.0 Å². The van der Waals surface area contributed by atoms with E-state index in [1.165, 1.54) is 6.20 Å². The quantitative estimate of drug-likeness (QED) is 0.697. The van der Waals surface area contributed by atoms with E-state index in [2.05, 4.69) is 22.1 Å². The number of nitrogens with one attached hydrogen (secondary N) is 1. The molecule has 1 aliphatic carbocycles. The molecule has 5 heteroatoms. The number of allylic oxidation sites excluding steroid dienone is 2. The highest BCUT2D eigenvalue weighted by molar-refractivity contribution is 5.94. The first kappa shape index (κ1) is 15.1. The van der Waals surface area contributed by atoms with Gasteiger partial charge in [0.05, 0.1) is 11.3 Å². The Bertz CT molecular complexity index is 970. The molecule has 0 saturated carbocycles. The molecule has 114 valence electrons. The van der Waals surface area contributed by atoms with Crippen LogP contribution in [0, 0.1) is 0 Å². The smallest absolute Gasteiger partial charge is 0.337 e. The van der Waals surface area contributed by atoms with Crippen molar-refractivity contribution in [1.82, 2.24) is 9.97 Å². The van der Waals surface area contributed by atoms with Crippen LogP contribution in [0.2, 0.25) is 0 Å². The number of H-pyrrole nitrogens is 1. The van der Waals surface area contributed by atoms with E-state index < -0.39 is 5.97 Å². The number of nitrogens with zero attached hydrogens (tertiary/aromatic N) is 1. The van der Waals surface area contributed by atoms with Gasteiger partial charge in [-0.3, -0.25) is 4.98 Å². The molecule has 0 aliphatic heterocycles. The molecule has 4 rings (SSSR count). The number of carboxylic acid groups (broad SMARTS) is 1. The number of hydrogen-bond donors (Lipinski definition) is 2. The fourth-order valence-electron chi connectivity index (χ4n) is 2.73. The van der Waals surface area contributed by atoms with Gasteiger partial charge in [0.15, 0.2) is 0 Å². The maximum Gasteiger partial charge on any atom is 0.337 e. The summed E-state index contributed by atoms with van der Waals surface area (Å²) >= 11 is 0. The average molecular weight is 325 g/mol. The lowest BCUT2D eigenvalue weighted by Crippen LogP contribution is -2.00. The summed E-state index contributed by atoms with van der Waals surface area (Å²) in [4.78, 5) is 18.7. The number of carbonyl (C=O) groups is 1. The second kappa shape index (κ2) is 5.74. The third-order valence-corrected chi connectivity index (χ3v) is 3.81. The molecule has 1 aliphatic rings. The molecule has 4 nitrogen and oxygen atoms in total. The Balaban J connectivity index is 0.00000156. The van der Waals surface area contributed by atoms with Crippen molar-refractivity contribution in [3.05, 3.63) is 65.5 Å². The first-order valence-electron chi connectivity index (χ1n) is 6.92. The van der Waals surface area contributed by atoms with E-state index >= 15 is 0 Å². The van der Waals surface area contributed by atoms with E-state index in [0.29, 0.717) is 0 Å². The summed E-state index contributed by atoms with van der Waals surface area (Å²) in [6.45, 7) is 0. The summed E-state index contributed by atoms with van der Waals surface area (Å²) in [5.74, 6) is -0.970. The maximum absolute atomic E-state index is 11.1. The molecular weight excluding hydrogens is 312 g/mol. The van der Waals surface area contributed by atoms with E-state index in [1.54, 1.807) is 6.07 Å². The normalized spacial score (nSPS) is 12.0. The van der Waals surface area contributed by atoms with Gasteiger partial charge in [-0.25, -0.2) is 4.79 Å². The fourth-order valence-corrected chi connectivity index (χ4v) is 2.73. The molecule has 0 saturated heterocycles. The van der Waals surface area contributed by atoms with E-state index in [1.807, 2.05) is 36.6 Å². The fraction of sp³-hybridized carbons (Fsp3) is 0. The van der Waals surface area contributed by atoms with Crippen LogP contribution in [0.3, 0.4) is 0 Å². The number of rotatable bonds is 1. The SMILES string of the molecule is Cl.O=C(O)c1cnc2c(c1)C=CC=Cc1cc3[nH]ccc3cc1-2. The predicted molar refractivity (Wildman–Crippen MR) is 93.8 cm³/mol. The molecule has 0 fully saturated rings. The lowest BCUT2D eigenvalue weighted by Gasteiger charge is -2.12. The number of aromatic nitrogens is 2. The number of aromatic amines is 1. The van der Waals surface area contributed by atoms with Crippen LogP contribution in [0.25, 0.3) is 34.3 Å². The van der Waals surface area contributed by atoms with Crippen molar-refractivity contribution in [2.24, 2.45) is 0 Å². The van der Waals surface area contributed by atoms with Gasteiger partial charge in [0, 0.05) is 34.4 Å². The first-order chi connectivity index (χ1) is 10.7. The van der Waals surface area contributed by atoms with Crippen molar-refractivity contribution >= 4 is 41.4 Å². The van der Waals surface area contributed by atoms with Gasteiger partial charge in [0.25, 0.3) is 0 Å². The number of carboxylic acids is 1. The van der Waals surface area contributed by atoms with Gasteiger partial charge in [0.1, 0.15) is 0 Å². The van der Waals surface area contributed by atoms with Crippen molar-refractivity contribution in [3.63, 3.8) is 0 Å². The molecule has 3 aromatic rings. The largest absolute Gasteiger partial charge is 0.478 e. The lowest BCUT2D eigenvalue weighted by molar-refractivity contribution is 0.0696. The zero-order valence-corrected chi connectivity index (χ0v) is 12.8. The third kappa shape index (κ3) is 2.53. The van der Waals surface area contributed by atoms with Crippen molar-refractivity contribution < 1.29 is 9.90 Å². The molecular formula is C18H13ClN2O2. The molecule has 0 amide bonds. The van der Waals surface area contributed by atoms with Crippen LogP contribution in [-0.2, 0) is 0 Å². The Morgan fingerprint density at radius 1 is 1.09 bits per heavy atom.